The van der Waals surface area contributed by atoms with Gasteiger partial charge in [0.15, 0.2) is 5.76 Å². The molecule has 2 aromatic carbocycles. The van der Waals surface area contributed by atoms with E-state index in [0.29, 0.717) is 17.2 Å². The summed E-state index contributed by atoms with van der Waals surface area (Å²) in [5.41, 5.74) is 2.79. The lowest BCUT2D eigenvalue weighted by Crippen LogP contribution is -2.32. The van der Waals surface area contributed by atoms with Crippen LogP contribution in [0, 0.1) is 0 Å². The number of fused-ring (bicyclic) bond motifs is 1. The number of aromatic amines is 1. The number of aromatic nitrogens is 2. The zero-order valence-electron chi connectivity index (χ0n) is 15.8. The van der Waals surface area contributed by atoms with Crippen molar-refractivity contribution in [3.8, 4) is 11.3 Å². The molecule has 1 saturated heterocycles. The molecular formula is C22H17ClN4O3. The van der Waals surface area contributed by atoms with Gasteiger partial charge in [-0.2, -0.15) is 0 Å². The van der Waals surface area contributed by atoms with Crippen LogP contribution in [0.2, 0.25) is 5.02 Å². The van der Waals surface area contributed by atoms with Gasteiger partial charge >= 0.3 is 6.03 Å². The van der Waals surface area contributed by atoms with Gasteiger partial charge in [-0.25, -0.2) is 9.78 Å². The summed E-state index contributed by atoms with van der Waals surface area (Å²) in [4.78, 5) is 33.8. The molecule has 5 rings (SSSR count). The molecule has 0 aliphatic carbocycles. The number of carbonyl (C=O) groups excluding carboxylic acids is 2. The van der Waals surface area contributed by atoms with Gasteiger partial charge in [-0.05, 0) is 35.9 Å². The topological polar surface area (TPSA) is 91.2 Å². The van der Waals surface area contributed by atoms with Crippen molar-refractivity contribution < 1.29 is 14.0 Å². The summed E-state index contributed by atoms with van der Waals surface area (Å²) in [6, 6.07) is 13.9. The molecule has 30 heavy (non-hydrogen) atoms. The fourth-order valence-electron chi connectivity index (χ4n) is 3.65. The van der Waals surface area contributed by atoms with Gasteiger partial charge in [-0.1, -0.05) is 29.8 Å². The molecule has 0 radical (unpaired) electrons. The fourth-order valence-corrected chi connectivity index (χ4v) is 3.78. The van der Waals surface area contributed by atoms with E-state index < -0.39 is 12.1 Å². The number of H-pyrrole nitrogens is 1. The Labute approximate surface area is 176 Å². The molecule has 0 spiro atoms. The number of imide groups is 1. The van der Waals surface area contributed by atoms with Gasteiger partial charge in [0.25, 0.3) is 5.91 Å². The predicted octanol–water partition coefficient (Wildman–Crippen LogP) is 4.14. The lowest BCUT2D eigenvalue weighted by Gasteiger charge is -2.10. The Kier molecular flexibility index (Phi) is 4.52. The number of carbonyl (C=O) groups is 2. The molecule has 1 atom stereocenters. The van der Waals surface area contributed by atoms with Crippen molar-refractivity contribution in [2.75, 3.05) is 0 Å². The van der Waals surface area contributed by atoms with E-state index in [0.717, 1.165) is 26.9 Å². The van der Waals surface area contributed by atoms with E-state index in [1.54, 1.807) is 18.3 Å². The number of para-hydroxylation sites is 1. The monoisotopic (exact) mass is 420 g/mol. The van der Waals surface area contributed by atoms with Crippen LogP contribution < -0.4 is 5.32 Å². The van der Waals surface area contributed by atoms with E-state index >= 15 is 0 Å². The lowest BCUT2D eigenvalue weighted by molar-refractivity contribution is -0.128. The summed E-state index contributed by atoms with van der Waals surface area (Å²) in [5, 5.41) is 4.43. The van der Waals surface area contributed by atoms with Gasteiger partial charge in [0.1, 0.15) is 12.6 Å². The molecule has 1 fully saturated rings. The molecule has 2 aromatic heterocycles. The fraction of sp³-hybridized carbons (Fsp3) is 0.136. The van der Waals surface area contributed by atoms with Crippen LogP contribution in [0.4, 0.5) is 4.79 Å². The first-order chi connectivity index (χ1) is 14.6. The summed E-state index contributed by atoms with van der Waals surface area (Å²) in [5.74, 6) is 0.539. The second kappa shape index (κ2) is 7.35. The van der Waals surface area contributed by atoms with Gasteiger partial charge in [0.05, 0.1) is 6.20 Å². The van der Waals surface area contributed by atoms with Crippen molar-refractivity contribution in [2.24, 2.45) is 0 Å². The van der Waals surface area contributed by atoms with Crippen molar-refractivity contribution in [1.82, 2.24) is 20.2 Å². The standard InChI is InChI=1S/C22H17ClN4O3/c23-15-7-5-13(6-8-15)19-11-25-20(30-19)12-27-21(28)18(26-22(27)29)9-14-10-24-17-4-2-1-3-16(14)17/h1-8,10-11,18,24H,9,12H2,(H,26,29). The number of hydrogen-bond acceptors (Lipinski definition) is 4. The minimum atomic E-state index is -0.623. The van der Waals surface area contributed by atoms with Gasteiger partial charge in [-0.15, -0.1) is 0 Å². The average molecular weight is 421 g/mol. The molecule has 150 valence electrons. The third-order valence-electron chi connectivity index (χ3n) is 5.18. The Morgan fingerprint density at radius 2 is 1.90 bits per heavy atom. The molecule has 3 amide bonds. The highest BCUT2D eigenvalue weighted by atomic mass is 35.5. The zero-order chi connectivity index (χ0) is 20.7. The Morgan fingerprint density at radius 3 is 2.73 bits per heavy atom. The molecule has 1 aliphatic rings. The maximum absolute atomic E-state index is 12.8. The van der Waals surface area contributed by atoms with E-state index in [-0.39, 0.29) is 18.3 Å². The number of nitrogens with zero attached hydrogens (tertiary/aromatic N) is 2. The lowest BCUT2D eigenvalue weighted by atomic mass is 10.1. The van der Waals surface area contributed by atoms with Gasteiger partial charge in [-0.3, -0.25) is 9.69 Å². The van der Waals surface area contributed by atoms with Crippen LogP contribution in [0.5, 0.6) is 0 Å². The van der Waals surface area contributed by atoms with Crippen LogP contribution in [0.3, 0.4) is 0 Å². The van der Waals surface area contributed by atoms with Crippen molar-refractivity contribution in [2.45, 2.75) is 19.0 Å². The van der Waals surface area contributed by atoms with E-state index in [4.69, 9.17) is 16.0 Å². The van der Waals surface area contributed by atoms with Crippen LogP contribution >= 0.6 is 11.6 Å². The first-order valence-electron chi connectivity index (χ1n) is 9.46. The first kappa shape index (κ1) is 18.4. The van der Waals surface area contributed by atoms with Crippen molar-refractivity contribution in [3.63, 3.8) is 0 Å². The minimum Gasteiger partial charge on any atom is -0.439 e. The predicted molar refractivity (Wildman–Crippen MR) is 112 cm³/mol. The number of hydrogen-bond donors (Lipinski definition) is 2. The third-order valence-corrected chi connectivity index (χ3v) is 5.43. The summed E-state index contributed by atoms with van der Waals surface area (Å²) >= 11 is 5.91. The molecule has 2 N–H and O–H groups in total. The molecule has 0 saturated carbocycles. The first-order valence-corrected chi connectivity index (χ1v) is 9.84. The number of halogens is 1. The Bertz CT molecular complexity index is 1240. The third kappa shape index (κ3) is 3.33. The zero-order valence-corrected chi connectivity index (χ0v) is 16.5. The molecule has 8 heteroatoms. The number of benzene rings is 2. The van der Waals surface area contributed by atoms with E-state index in [1.165, 1.54) is 0 Å². The van der Waals surface area contributed by atoms with Gasteiger partial charge < -0.3 is 14.7 Å². The largest absolute Gasteiger partial charge is 0.439 e. The van der Waals surface area contributed by atoms with Crippen LogP contribution in [-0.4, -0.2) is 32.8 Å². The second-order valence-electron chi connectivity index (χ2n) is 7.12. The van der Waals surface area contributed by atoms with Crippen molar-refractivity contribution >= 4 is 34.4 Å². The average Bonchev–Trinajstić information content (AvgIpc) is 3.44. The molecule has 1 aliphatic heterocycles. The maximum Gasteiger partial charge on any atom is 0.325 e. The molecular weight excluding hydrogens is 404 g/mol. The van der Waals surface area contributed by atoms with E-state index in [1.807, 2.05) is 42.6 Å². The summed E-state index contributed by atoms with van der Waals surface area (Å²) in [6.07, 6.45) is 3.85. The number of rotatable bonds is 5. The molecule has 4 aromatic rings. The number of oxazole rings is 1. The highest BCUT2D eigenvalue weighted by Gasteiger charge is 2.39. The summed E-state index contributed by atoms with van der Waals surface area (Å²) in [7, 11) is 0. The number of urea groups is 1. The van der Waals surface area contributed by atoms with Crippen molar-refractivity contribution in [1.29, 1.82) is 0 Å². The Morgan fingerprint density at radius 1 is 1.10 bits per heavy atom. The summed E-state index contributed by atoms with van der Waals surface area (Å²) < 4.78 is 5.73. The number of amides is 3. The van der Waals surface area contributed by atoms with Crippen LogP contribution in [0.25, 0.3) is 22.2 Å². The van der Waals surface area contributed by atoms with Gasteiger partial charge in [0.2, 0.25) is 5.89 Å². The maximum atomic E-state index is 12.8. The highest BCUT2D eigenvalue weighted by molar-refractivity contribution is 6.30. The molecule has 1 unspecified atom stereocenters. The van der Waals surface area contributed by atoms with Crippen LogP contribution in [0.1, 0.15) is 11.5 Å². The van der Waals surface area contributed by atoms with Crippen LogP contribution in [-0.2, 0) is 17.8 Å². The minimum absolute atomic E-state index is 0.0252. The van der Waals surface area contributed by atoms with Crippen LogP contribution in [0.15, 0.2) is 65.3 Å². The van der Waals surface area contributed by atoms with Crippen molar-refractivity contribution in [3.05, 3.63) is 77.4 Å². The SMILES string of the molecule is O=C1NC(Cc2c[nH]c3ccccc23)C(=O)N1Cc1ncc(-c2ccc(Cl)cc2)o1. The normalized spacial score (nSPS) is 16.4. The number of nitrogens with one attached hydrogen (secondary N) is 2. The Balaban J connectivity index is 1.31. The molecule has 3 heterocycles. The smallest absolute Gasteiger partial charge is 0.325 e. The van der Waals surface area contributed by atoms with E-state index in [9.17, 15) is 9.59 Å². The van der Waals surface area contributed by atoms with Gasteiger partial charge in [0, 0.05) is 34.1 Å². The quantitative estimate of drug-likeness (QED) is 0.475. The molecule has 0 bridgehead atoms. The summed E-state index contributed by atoms with van der Waals surface area (Å²) in [6.45, 7) is -0.0252. The highest BCUT2D eigenvalue weighted by Crippen LogP contribution is 2.25. The Hall–Kier alpha value is -3.58. The second-order valence-corrected chi connectivity index (χ2v) is 7.55. The molecule has 7 nitrogen and oxygen atoms in total. The van der Waals surface area contributed by atoms with E-state index in [2.05, 4.69) is 15.3 Å².